The number of likely N-dealkylation sites (tertiary alicyclic amines) is 1. The van der Waals surface area contributed by atoms with Gasteiger partial charge in [0.15, 0.2) is 0 Å². The third-order valence-electron chi connectivity index (χ3n) is 5.60. The van der Waals surface area contributed by atoms with Crippen LogP contribution < -0.4 is 10.6 Å². The van der Waals surface area contributed by atoms with Gasteiger partial charge < -0.3 is 15.5 Å². The molecule has 6 nitrogen and oxygen atoms in total. The second kappa shape index (κ2) is 11.1. The summed E-state index contributed by atoms with van der Waals surface area (Å²) in [5.41, 5.74) is 1.64. The van der Waals surface area contributed by atoms with Crippen LogP contribution in [0.5, 0.6) is 0 Å². The van der Waals surface area contributed by atoms with Crippen LogP contribution in [-0.2, 0) is 4.79 Å². The molecule has 0 aromatic heterocycles. The van der Waals surface area contributed by atoms with Crippen LogP contribution in [0, 0.1) is 11.8 Å². The monoisotopic (exact) mass is 455 g/mol. The molecule has 1 heterocycles. The van der Waals surface area contributed by atoms with Gasteiger partial charge in [0.25, 0.3) is 11.8 Å². The fraction of sp³-hybridized carbons (Fsp3) is 0.400. The molecule has 0 bridgehead atoms. The minimum atomic E-state index is -0.247. The van der Waals surface area contributed by atoms with Gasteiger partial charge in [-0.15, -0.1) is 0 Å². The third-order valence-corrected chi connectivity index (χ3v) is 5.85. The third kappa shape index (κ3) is 6.57. The number of piperidine rings is 1. The van der Waals surface area contributed by atoms with Crippen LogP contribution in [0.2, 0.25) is 5.02 Å². The number of hydrogen-bond donors (Lipinski definition) is 2. The number of hydrogen-bond acceptors (Lipinski definition) is 3. The number of rotatable bonds is 7. The Hall–Kier alpha value is -2.86. The van der Waals surface area contributed by atoms with Crippen molar-refractivity contribution in [3.8, 4) is 0 Å². The Bertz CT molecular complexity index is 942. The van der Waals surface area contributed by atoms with E-state index in [4.69, 9.17) is 11.6 Å². The molecule has 32 heavy (non-hydrogen) atoms. The molecule has 0 radical (unpaired) electrons. The van der Waals surface area contributed by atoms with Crippen molar-refractivity contribution in [2.45, 2.75) is 33.1 Å². The summed E-state index contributed by atoms with van der Waals surface area (Å²) in [7, 11) is 0. The number of amides is 3. The van der Waals surface area contributed by atoms with Crippen LogP contribution >= 0.6 is 11.6 Å². The van der Waals surface area contributed by atoms with Crippen molar-refractivity contribution in [1.82, 2.24) is 10.2 Å². The first-order valence-corrected chi connectivity index (χ1v) is 11.4. The van der Waals surface area contributed by atoms with Crippen molar-refractivity contribution in [3.05, 3.63) is 64.7 Å². The van der Waals surface area contributed by atoms with Crippen molar-refractivity contribution in [2.24, 2.45) is 11.8 Å². The highest BCUT2D eigenvalue weighted by Gasteiger charge is 2.28. The number of nitrogens with one attached hydrogen (secondary N) is 2. The summed E-state index contributed by atoms with van der Waals surface area (Å²) in [6, 6.07) is 13.5. The topological polar surface area (TPSA) is 78.5 Å². The second-order valence-electron chi connectivity index (χ2n) is 8.60. The van der Waals surface area contributed by atoms with Crippen molar-refractivity contribution in [1.29, 1.82) is 0 Å². The van der Waals surface area contributed by atoms with Gasteiger partial charge in [0, 0.05) is 41.5 Å². The number of nitrogens with zero attached hydrogens (tertiary/aromatic N) is 1. The van der Waals surface area contributed by atoms with Gasteiger partial charge in [0.1, 0.15) is 0 Å². The van der Waals surface area contributed by atoms with Crippen molar-refractivity contribution in [2.75, 3.05) is 25.0 Å². The molecule has 0 saturated carbocycles. The summed E-state index contributed by atoms with van der Waals surface area (Å²) in [5, 5.41) is 6.38. The van der Waals surface area contributed by atoms with E-state index >= 15 is 0 Å². The summed E-state index contributed by atoms with van der Waals surface area (Å²) < 4.78 is 0. The van der Waals surface area contributed by atoms with E-state index in [0.29, 0.717) is 47.4 Å². The molecular weight excluding hydrogens is 426 g/mol. The summed E-state index contributed by atoms with van der Waals surface area (Å²) in [6.07, 6.45) is 2.55. The van der Waals surface area contributed by atoms with Gasteiger partial charge in [-0.05, 0) is 73.7 Å². The summed E-state index contributed by atoms with van der Waals surface area (Å²) >= 11 is 5.86. The average Bonchev–Trinajstić information content (AvgIpc) is 2.79. The highest BCUT2D eigenvalue weighted by atomic mass is 35.5. The van der Waals surface area contributed by atoms with Crippen LogP contribution in [0.15, 0.2) is 48.5 Å². The summed E-state index contributed by atoms with van der Waals surface area (Å²) in [5.74, 6) is 0.0586. The number of carbonyl (C=O) groups is 3. The lowest BCUT2D eigenvalue weighted by molar-refractivity contribution is -0.126. The highest BCUT2D eigenvalue weighted by molar-refractivity contribution is 6.30. The van der Waals surface area contributed by atoms with E-state index in [1.54, 1.807) is 53.4 Å². The minimum Gasteiger partial charge on any atom is -0.356 e. The molecule has 7 heteroatoms. The van der Waals surface area contributed by atoms with Crippen molar-refractivity contribution < 1.29 is 14.4 Å². The first kappa shape index (κ1) is 23.8. The normalized spacial score (nSPS) is 16.0. The molecule has 1 aliphatic heterocycles. The van der Waals surface area contributed by atoms with Gasteiger partial charge in [0.2, 0.25) is 5.91 Å². The van der Waals surface area contributed by atoms with E-state index in [0.717, 1.165) is 19.3 Å². The summed E-state index contributed by atoms with van der Waals surface area (Å²) in [4.78, 5) is 39.5. The van der Waals surface area contributed by atoms with Gasteiger partial charge in [0.05, 0.1) is 5.92 Å². The van der Waals surface area contributed by atoms with Crippen LogP contribution in [-0.4, -0.2) is 42.3 Å². The van der Waals surface area contributed by atoms with Gasteiger partial charge in [-0.1, -0.05) is 25.4 Å². The predicted octanol–water partition coefficient (Wildman–Crippen LogP) is 4.61. The Balaban J connectivity index is 1.56. The number of halogens is 1. The second-order valence-corrected chi connectivity index (χ2v) is 9.04. The maximum atomic E-state index is 13.0. The van der Waals surface area contributed by atoms with Crippen LogP contribution in [0.1, 0.15) is 53.8 Å². The van der Waals surface area contributed by atoms with E-state index in [9.17, 15) is 14.4 Å². The fourth-order valence-corrected chi connectivity index (χ4v) is 3.81. The molecule has 3 rings (SSSR count). The minimum absolute atomic E-state index is 0.0309. The quantitative estimate of drug-likeness (QED) is 0.640. The Morgan fingerprint density at radius 2 is 1.69 bits per heavy atom. The first-order valence-electron chi connectivity index (χ1n) is 11.1. The Morgan fingerprint density at radius 1 is 1.03 bits per heavy atom. The molecule has 1 fully saturated rings. The largest absolute Gasteiger partial charge is 0.356 e. The number of benzene rings is 2. The predicted molar refractivity (Wildman–Crippen MR) is 127 cm³/mol. The zero-order valence-corrected chi connectivity index (χ0v) is 19.3. The highest BCUT2D eigenvalue weighted by Crippen LogP contribution is 2.20. The maximum absolute atomic E-state index is 13.0. The van der Waals surface area contributed by atoms with Crippen LogP contribution in [0.4, 0.5) is 5.69 Å². The van der Waals surface area contributed by atoms with Crippen LogP contribution in [0.3, 0.4) is 0 Å². The Labute approximate surface area is 194 Å². The lowest BCUT2D eigenvalue weighted by Gasteiger charge is -2.32. The van der Waals surface area contributed by atoms with E-state index in [1.807, 2.05) is 0 Å². The maximum Gasteiger partial charge on any atom is 0.255 e. The van der Waals surface area contributed by atoms with Gasteiger partial charge >= 0.3 is 0 Å². The molecule has 1 atom stereocenters. The molecular formula is C25H30ClN3O3. The Kier molecular flexibility index (Phi) is 8.28. The van der Waals surface area contributed by atoms with Gasteiger partial charge in [-0.2, -0.15) is 0 Å². The van der Waals surface area contributed by atoms with Gasteiger partial charge in [-0.25, -0.2) is 0 Å². The smallest absolute Gasteiger partial charge is 0.255 e. The van der Waals surface area contributed by atoms with Crippen molar-refractivity contribution in [3.63, 3.8) is 0 Å². The lowest BCUT2D eigenvalue weighted by atomic mass is 9.96. The molecule has 3 amide bonds. The van der Waals surface area contributed by atoms with E-state index in [-0.39, 0.29) is 23.6 Å². The fourth-order valence-electron chi connectivity index (χ4n) is 3.69. The lowest BCUT2D eigenvalue weighted by Crippen LogP contribution is -2.45. The molecule has 170 valence electrons. The molecule has 1 aliphatic rings. The zero-order valence-electron chi connectivity index (χ0n) is 18.6. The van der Waals surface area contributed by atoms with Gasteiger partial charge in [-0.3, -0.25) is 14.4 Å². The standard InChI is InChI=1S/C25H30ClN3O3/c1-17(2)13-14-27-23(30)20-4-3-15-29(16-20)25(32)19-7-11-22(12-8-19)28-24(31)18-5-9-21(26)10-6-18/h5-12,17,20H,3-4,13-16H2,1-2H3,(H,27,30)(H,28,31)/t20-/m0/s1. The number of anilines is 1. The molecule has 2 aromatic rings. The van der Waals surface area contributed by atoms with E-state index in [1.165, 1.54) is 0 Å². The average molecular weight is 456 g/mol. The molecule has 2 N–H and O–H groups in total. The molecule has 0 unspecified atom stereocenters. The number of carbonyl (C=O) groups excluding carboxylic acids is 3. The zero-order chi connectivity index (χ0) is 23.1. The molecule has 0 aliphatic carbocycles. The van der Waals surface area contributed by atoms with Crippen LogP contribution in [0.25, 0.3) is 0 Å². The van der Waals surface area contributed by atoms with E-state index < -0.39 is 0 Å². The first-order chi connectivity index (χ1) is 15.3. The SMILES string of the molecule is CC(C)CCNC(=O)[C@H]1CCCN(C(=O)c2ccc(NC(=O)c3ccc(Cl)cc3)cc2)C1. The molecule has 1 saturated heterocycles. The molecule has 0 spiro atoms. The molecule has 2 aromatic carbocycles. The summed E-state index contributed by atoms with van der Waals surface area (Å²) in [6.45, 7) is 6.00. The Morgan fingerprint density at radius 3 is 2.34 bits per heavy atom. The van der Waals surface area contributed by atoms with E-state index in [2.05, 4.69) is 24.5 Å². The van der Waals surface area contributed by atoms with Crippen molar-refractivity contribution >= 4 is 35.0 Å².